The molecule has 0 aliphatic carbocycles. The van der Waals surface area contributed by atoms with E-state index in [1.54, 1.807) is 36.4 Å². The van der Waals surface area contributed by atoms with Crippen molar-refractivity contribution in [3.63, 3.8) is 0 Å². The van der Waals surface area contributed by atoms with Crippen molar-refractivity contribution in [2.75, 3.05) is 10.8 Å². The minimum Gasteiger partial charge on any atom is -0.348 e. The standard InChI is InChI=1S/C26H30N2O3S/c1-5-22-13-15-23(16-14-22)21(4)27-26(29)18-28(25-17-19(2)11-12-20(25)3)32(30,31)24-9-7-6-8-10-24/h6-17,21H,5,18H2,1-4H3,(H,27,29)/t21-/m0/s1. The first-order valence-corrected chi connectivity index (χ1v) is 12.2. The average Bonchev–Trinajstić information content (AvgIpc) is 2.79. The molecule has 3 aromatic rings. The van der Waals surface area contributed by atoms with Gasteiger partial charge in [-0.05, 0) is 67.6 Å². The predicted molar refractivity (Wildman–Crippen MR) is 129 cm³/mol. The lowest BCUT2D eigenvalue weighted by Crippen LogP contribution is -2.42. The van der Waals surface area contributed by atoms with Crippen LogP contribution in [0.1, 0.15) is 42.1 Å². The summed E-state index contributed by atoms with van der Waals surface area (Å²) >= 11 is 0. The van der Waals surface area contributed by atoms with E-state index >= 15 is 0 Å². The Balaban J connectivity index is 1.90. The molecule has 0 aliphatic heterocycles. The summed E-state index contributed by atoms with van der Waals surface area (Å²) in [7, 11) is -3.93. The van der Waals surface area contributed by atoms with Crippen molar-refractivity contribution in [3.8, 4) is 0 Å². The molecule has 3 aromatic carbocycles. The third-order valence-electron chi connectivity index (χ3n) is 5.52. The first-order valence-electron chi connectivity index (χ1n) is 10.8. The highest BCUT2D eigenvalue weighted by Gasteiger charge is 2.28. The number of aryl methyl sites for hydroxylation is 3. The number of carbonyl (C=O) groups excluding carboxylic acids is 1. The molecule has 168 valence electrons. The van der Waals surface area contributed by atoms with Crippen LogP contribution in [0.25, 0.3) is 0 Å². The Morgan fingerprint density at radius 1 is 0.969 bits per heavy atom. The van der Waals surface area contributed by atoms with Gasteiger partial charge in [-0.15, -0.1) is 0 Å². The number of amides is 1. The Bertz CT molecular complexity index is 1170. The molecule has 0 heterocycles. The van der Waals surface area contributed by atoms with Gasteiger partial charge in [-0.1, -0.05) is 61.5 Å². The van der Waals surface area contributed by atoms with Crippen molar-refractivity contribution in [2.24, 2.45) is 0 Å². The van der Waals surface area contributed by atoms with E-state index in [-0.39, 0.29) is 23.4 Å². The van der Waals surface area contributed by atoms with E-state index in [9.17, 15) is 13.2 Å². The van der Waals surface area contributed by atoms with E-state index in [4.69, 9.17) is 0 Å². The lowest BCUT2D eigenvalue weighted by molar-refractivity contribution is -0.120. The summed E-state index contributed by atoms with van der Waals surface area (Å²) in [6.45, 7) is 7.43. The number of nitrogens with zero attached hydrogens (tertiary/aromatic N) is 1. The Labute approximate surface area is 191 Å². The zero-order valence-electron chi connectivity index (χ0n) is 19.0. The summed E-state index contributed by atoms with van der Waals surface area (Å²) in [5, 5.41) is 2.95. The Morgan fingerprint density at radius 2 is 1.62 bits per heavy atom. The van der Waals surface area contributed by atoms with Gasteiger partial charge in [0.2, 0.25) is 5.91 Å². The molecule has 32 heavy (non-hydrogen) atoms. The summed E-state index contributed by atoms with van der Waals surface area (Å²) in [6, 6.07) is 21.6. The van der Waals surface area contributed by atoms with Gasteiger partial charge in [0.1, 0.15) is 6.54 Å². The highest BCUT2D eigenvalue weighted by Crippen LogP contribution is 2.28. The van der Waals surface area contributed by atoms with E-state index in [1.807, 2.05) is 57.2 Å². The summed E-state index contributed by atoms with van der Waals surface area (Å²) in [4.78, 5) is 13.1. The predicted octanol–water partition coefficient (Wildman–Crippen LogP) is 4.94. The van der Waals surface area contributed by atoms with Crippen LogP contribution in [0, 0.1) is 13.8 Å². The van der Waals surface area contributed by atoms with E-state index in [1.165, 1.54) is 9.87 Å². The highest BCUT2D eigenvalue weighted by atomic mass is 32.2. The normalized spacial score (nSPS) is 12.2. The third-order valence-corrected chi connectivity index (χ3v) is 7.29. The molecular formula is C26H30N2O3S. The first kappa shape index (κ1) is 23.5. The lowest BCUT2D eigenvalue weighted by Gasteiger charge is -2.27. The number of sulfonamides is 1. The molecule has 0 aliphatic rings. The number of carbonyl (C=O) groups is 1. The minimum absolute atomic E-state index is 0.150. The molecular weight excluding hydrogens is 420 g/mol. The molecule has 5 nitrogen and oxygen atoms in total. The maximum absolute atomic E-state index is 13.5. The zero-order valence-corrected chi connectivity index (χ0v) is 19.8. The second kappa shape index (κ2) is 10.0. The molecule has 1 amide bonds. The minimum atomic E-state index is -3.93. The topological polar surface area (TPSA) is 66.5 Å². The molecule has 0 spiro atoms. The van der Waals surface area contributed by atoms with Gasteiger partial charge in [0.05, 0.1) is 16.6 Å². The van der Waals surface area contributed by atoms with E-state index in [0.717, 1.165) is 23.1 Å². The van der Waals surface area contributed by atoms with Crippen LogP contribution in [0.3, 0.4) is 0 Å². The Kier molecular flexibility index (Phi) is 7.36. The number of anilines is 1. The largest absolute Gasteiger partial charge is 0.348 e. The van der Waals surface area contributed by atoms with Gasteiger partial charge in [0.15, 0.2) is 0 Å². The number of hydrogen-bond donors (Lipinski definition) is 1. The quantitative estimate of drug-likeness (QED) is 0.529. The van der Waals surface area contributed by atoms with Crippen LogP contribution in [-0.2, 0) is 21.2 Å². The average molecular weight is 451 g/mol. The molecule has 0 unspecified atom stereocenters. The molecule has 1 atom stereocenters. The van der Waals surface area contributed by atoms with Crippen molar-refractivity contribution in [2.45, 2.75) is 45.1 Å². The van der Waals surface area contributed by atoms with Gasteiger partial charge >= 0.3 is 0 Å². The zero-order chi connectivity index (χ0) is 23.3. The number of nitrogens with one attached hydrogen (secondary N) is 1. The van der Waals surface area contributed by atoms with Gasteiger partial charge in [0, 0.05) is 0 Å². The molecule has 6 heteroatoms. The van der Waals surface area contributed by atoms with Gasteiger partial charge in [-0.3, -0.25) is 9.10 Å². The maximum atomic E-state index is 13.5. The lowest BCUT2D eigenvalue weighted by atomic mass is 10.1. The monoisotopic (exact) mass is 450 g/mol. The first-order chi connectivity index (χ1) is 15.2. The number of hydrogen-bond acceptors (Lipinski definition) is 3. The fraction of sp³-hybridized carbons (Fsp3) is 0.269. The van der Waals surface area contributed by atoms with Crippen LogP contribution < -0.4 is 9.62 Å². The molecule has 1 N–H and O–H groups in total. The van der Waals surface area contributed by atoms with Crippen LogP contribution >= 0.6 is 0 Å². The van der Waals surface area contributed by atoms with Gasteiger partial charge < -0.3 is 5.32 Å². The summed E-state index contributed by atoms with van der Waals surface area (Å²) < 4.78 is 28.2. The molecule has 0 fully saturated rings. The van der Waals surface area contributed by atoms with Crippen molar-refractivity contribution in [3.05, 3.63) is 95.1 Å². The summed E-state index contributed by atoms with van der Waals surface area (Å²) in [5.74, 6) is -0.363. The van der Waals surface area contributed by atoms with Crippen LogP contribution in [-0.4, -0.2) is 20.9 Å². The van der Waals surface area contributed by atoms with Gasteiger partial charge in [0.25, 0.3) is 10.0 Å². The molecule has 0 bridgehead atoms. The van der Waals surface area contributed by atoms with E-state index in [0.29, 0.717) is 5.69 Å². The Hall–Kier alpha value is -3.12. The van der Waals surface area contributed by atoms with Crippen molar-refractivity contribution in [1.29, 1.82) is 0 Å². The van der Waals surface area contributed by atoms with Crippen LogP contribution in [0.4, 0.5) is 5.69 Å². The van der Waals surface area contributed by atoms with Crippen LogP contribution in [0.5, 0.6) is 0 Å². The van der Waals surface area contributed by atoms with Crippen LogP contribution in [0.2, 0.25) is 0 Å². The smallest absolute Gasteiger partial charge is 0.264 e. The summed E-state index contributed by atoms with van der Waals surface area (Å²) in [5.41, 5.74) is 4.40. The molecule has 0 aromatic heterocycles. The SMILES string of the molecule is CCc1ccc([C@H](C)NC(=O)CN(c2cc(C)ccc2C)S(=O)(=O)c2ccccc2)cc1. The fourth-order valence-corrected chi connectivity index (χ4v) is 5.05. The molecule has 0 saturated carbocycles. The number of benzene rings is 3. The second-order valence-corrected chi connectivity index (χ2v) is 9.86. The van der Waals surface area contributed by atoms with Gasteiger partial charge in [-0.2, -0.15) is 0 Å². The van der Waals surface area contributed by atoms with Crippen molar-refractivity contribution in [1.82, 2.24) is 5.32 Å². The molecule has 0 saturated heterocycles. The van der Waals surface area contributed by atoms with Crippen LogP contribution in [0.15, 0.2) is 77.7 Å². The Morgan fingerprint density at radius 3 is 2.25 bits per heavy atom. The highest BCUT2D eigenvalue weighted by molar-refractivity contribution is 7.92. The van der Waals surface area contributed by atoms with Gasteiger partial charge in [-0.25, -0.2) is 8.42 Å². The number of rotatable bonds is 8. The fourth-order valence-electron chi connectivity index (χ4n) is 3.55. The van der Waals surface area contributed by atoms with Crippen molar-refractivity contribution >= 4 is 21.6 Å². The van der Waals surface area contributed by atoms with E-state index in [2.05, 4.69) is 12.2 Å². The second-order valence-electron chi connectivity index (χ2n) is 8.00. The molecule has 3 rings (SSSR count). The maximum Gasteiger partial charge on any atom is 0.264 e. The summed E-state index contributed by atoms with van der Waals surface area (Å²) in [6.07, 6.45) is 0.948. The van der Waals surface area contributed by atoms with Crippen molar-refractivity contribution < 1.29 is 13.2 Å². The third kappa shape index (κ3) is 5.37. The van der Waals surface area contributed by atoms with E-state index < -0.39 is 10.0 Å². The molecule has 0 radical (unpaired) electrons.